The van der Waals surface area contributed by atoms with Crippen molar-refractivity contribution in [3.8, 4) is 17.2 Å². The van der Waals surface area contributed by atoms with Crippen LogP contribution in [-0.4, -0.2) is 39.2 Å². The molecule has 180 valence electrons. The number of halogens is 1. The molecule has 5 rings (SSSR count). The maximum Gasteiger partial charge on any atom is 0.266 e. The molecule has 3 aromatic rings. The van der Waals surface area contributed by atoms with E-state index in [-0.39, 0.29) is 0 Å². The number of fused-ring (bicyclic) bond motifs is 1. The number of para-hydroxylation sites is 2. The molecular weight excluding hydrogens is 472 g/mol. The maximum atomic E-state index is 13.8. The Morgan fingerprint density at radius 3 is 2.14 bits per heavy atom. The SMILES string of the molecule is COc1ccc([C@@H]2[C@H]3C(=O)N(c4ccccc4Cl)C(=O)[C@@H]3ON2c2ccccc2)c(OC)c1OC. The Hall–Kier alpha value is -3.75. The molecule has 2 heterocycles. The summed E-state index contributed by atoms with van der Waals surface area (Å²) >= 11 is 6.34. The van der Waals surface area contributed by atoms with Crippen LogP contribution in [0.25, 0.3) is 0 Å². The van der Waals surface area contributed by atoms with Crippen LogP contribution >= 0.6 is 11.6 Å². The van der Waals surface area contributed by atoms with Crippen molar-refractivity contribution in [2.24, 2.45) is 5.92 Å². The molecule has 0 aliphatic carbocycles. The van der Waals surface area contributed by atoms with Crippen LogP contribution in [0.4, 0.5) is 11.4 Å². The van der Waals surface area contributed by atoms with E-state index in [0.29, 0.717) is 39.2 Å². The Bertz CT molecular complexity index is 1280. The van der Waals surface area contributed by atoms with Gasteiger partial charge in [-0.3, -0.25) is 14.4 Å². The van der Waals surface area contributed by atoms with Gasteiger partial charge in [-0.1, -0.05) is 41.9 Å². The quantitative estimate of drug-likeness (QED) is 0.469. The highest BCUT2D eigenvalue weighted by Crippen LogP contribution is 2.52. The summed E-state index contributed by atoms with van der Waals surface area (Å²) in [4.78, 5) is 34.6. The third-order valence-corrected chi connectivity index (χ3v) is 6.59. The number of hydrogen-bond donors (Lipinski definition) is 0. The van der Waals surface area contributed by atoms with Gasteiger partial charge in [0.2, 0.25) is 11.7 Å². The van der Waals surface area contributed by atoms with E-state index in [4.69, 9.17) is 30.6 Å². The summed E-state index contributed by atoms with van der Waals surface area (Å²) in [5, 5.41) is 1.90. The molecular formula is C26H23ClN2O6. The number of hydroxylamine groups is 1. The van der Waals surface area contributed by atoms with Crippen molar-refractivity contribution in [3.05, 3.63) is 77.3 Å². The highest BCUT2D eigenvalue weighted by atomic mass is 35.5. The smallest absolute Gasteiger partial charge is 0.266 e. The predicted molar refractivity (Wildman–Crippen MR) is 130 cm³/mol. The normalized spacial score (nSPS) is 21.3. The van der Waals surface area contributed by atoms with Crippen LogP contribution in [0.5, 0.6) is 17.2 Å². The van der Waals surface area contributed by atoms with Gasteiger partial charge >= 0.3 is 0 Å². The first-order valence-electron chi connectivity index (χ1n) is 10.9. The van der Waals surface area contributed by atoms with Crippen molar-refractivity contribution in [1.82, 2.24) is 0 Å². The first-order valence-corrected chi connectivity index (χ1v) is 11.3. The molecule has 2 saturated heterocycles. The van der Waals surface area contributed by atoms with E-state index in [1.807, 2.05) is 30.3 Å². The molecule has 2 aliphatic rings. The van der Waals surface area contributed by atoms with Gasteiger partial charge in [0.25, 0.3) is 5.91 Å². The van der Waals surface area contributed by atoms with Gasteiger partial charge in [-0.05, 0) is 36.4 Å². The Morgan fingerprint density at radius 2 is 1.49 bits per heavy atom. The number of carbonyl (C=O) groups excluding carboxylic acids is 2. The van der Waals surface area contributed by atoms with Crippen LogP contribution in [0.2, 0.25) is 5.02 Å². The Balaban J connectivity index is 1.67. The molecule has 9 heteroatoms. The lowest BCUT2D eigenvalue weighted by Gasteiger charge is -2.30. The zero-order valence-electron chi connectivity index (χ0n) is 19.3. The molecule has 35 heavy (non-hydrogen) atoms. The van der Waals surface area contributed by atoms with E-state index in [0.717, 1.165) is 4.90 Å². The van der Waals surface area contributed by atoms with Crippen LogP contribution in [-0.2, 0) is 14.4 Å². The fourth-order valence-electron chi connectivity index (χ4n) is 4.76. The molecule has 8 nitrogen and oxygen atoms in total. The van der Waals surface area contributed by atoms with Crippen LogP contribution in [0.1, 0.15) is 11.6 Å². The molecule has 3 atom stereocenters. The van der Waals surface area contributed by atoms with Gasteiger partial charge in [-0.2, -0.15) is 0 Å². The van der Waals surface area contributed by atoms with E-state index in [2.05, 4.69) is 0 Å². The number of imide groups is 1. The fraction of sp³-hybridized carbons (Fsp3) is 0.231. The van der Waals surface area contributed by atoms with Gasteiger partial charge < -0.3 is 14.2 Å². The Kier molecular flexibility index (Phi) is 6.00. The van der Waals surface area contributed by atoms with Crippen molar-refractivity contribution in [1.29, 1.82) is 0 Å². The summed E-state index contributed by atoms with van der Waals surface area (Å²) in [6.07, 6.45) is -1.04. The molecule has 0 radical (unpaired) electrons. The number of benzene rings is 3. The zero-order chi connectivity index (χ0) is 24.7. The number of hydrogen-bond acceptors (Lipinski definition) is 7. The van der Waals surface area contributed by atoms with E-state index >= 15 is 0 Å². The predicted octanol–water partition coefficient (Wildman–Crippen LogP) is 4.42. The summed E-state index contributed by atoms with van der Waals surface area (Å²) in [5.74, 6) is -0.501. The molecule has 0 bridgehead atoms. The Morgan fingerprint density at radius 1 is 0.800 bits per heavy atom. The number of anilines is 2. The minimum atomic E-state index is -1.04. The van der Waals surface area contributed by atoms with Gasteiger partial charge in [0.1, 0.15) is 12.0 Å². The second-order valence-corrected chi connectivity index (χ2v) is 8.45. The van der Waals surface area contributed by atoms with Crippen molar-refractivity contribution < 1.29 is 28.6 Å². The van der Waals surface area contributed by atoms with Gasteiger partial charge in [0.05, 0.1) is 37.7 Å². The minimum absolute atomic E-state index is 0.300. The summed E-state index contributed by atoms with van der Waals surface area (Å²) in [6.45, 7) is 0. The first kappa shape index (κ1) is 23.0. The lowest BCUT2D eigenvalue weighted by molar-refractivity contribution is -0.126. The highest BCUT2D eigenvalue weighted by Gasteiger charge is 2.61. The number of ether oxygens (including phenoxy) is 3. The van der Waals surface area contributed by atoms with Crippen molar-refractivity contribution in [3.63, 3.8) is 0 Å². The highest BCUT2D eigenvalue weighted by molar-refractivity contribution is 6.36. The summed E-state index contributed by atoms with van der Waals surface area (Å²) in [5.41, 5.74) is 1.63. The lowest BCUT2D eigenvalue weighted by Crippen LogP contribution is -2.37. The van der Waals surface area contributed by atoms with Crippen molar-refractivity contribution >= 4 is 34.8 Å². The van der Waals surface area contributed by atoms with Crippen molar-refractivity contribution in [2.45, 2.75) is 12.1 Å². The second kappa shape index (κ2) is 9.13. The number of nitrogens with zero attached hydrogens (tertiary/aromatic N) is 2. The fourth-order valence-corrected chi connectivity index (χ4v) is 4.98. The summed E-state index contributed by atoms with van der Waals surface area (Å²) < 4.78 is 16.7. The third kappa shape index (κ3) is 3.57. The lowest BCUT2D eigenvalue weighted by atomic mass is 9.89. The van der Waals surface area contributed by atoms with Crippen molar-refractivity contribution in [2.75, 3.05) is 31.3 Å². The van der Waals surface area contributed by atoms with Crippen LogP contribution in [0.15, 0.2) is 66.7 Å². The van der Waals surface area contributed by atoms with E-state index in [1.54, 1.807) is 41.5 Å². The molecule has 3 aromatic carbocycles. The first-order chi connectivity index (χ1) is 17.0. The van der Waals surface area contributed by atoms with Crippen LogP contribution in [0.3, 0.4) is 0 Å². The average molecular weight is 495 g/mol. The molecule has 2 aliphatic heterocycles. The van der Waals surface area contributed by atoms with E-state index in [1.165, 1.54) is 21.3 Å². The molecule has 2 amide bonds. The molecule has 2 fully saturated rings. The molecule has 0 spiro atoms. The molecule has 0 N–H and O–H groups in total. The number of carbonyl (C=O) groups is 2. The standard InChI is InChI=1S/C26H23ClN2O6/c1-32-19-14-13-16(22(33-2)23(19)34-3)21-20-24(35-29(21)15-9-5-4-6-10-15)26(31)28(25(20)30)18-12-8-7-11-17(18)27/h4-14,20-21,24H,1-3H3/t20-,21-,24-/m1/s1. The van der Waals surface area contributed by atoms with Gasteiger partial charge in [-0.25, -0.2) is 9.96 Å². The molecule has 0 aromatic heterocycles. The summed E-state index contributed by atoms with van der Waals surface area (Å²) in [6, 6.07) is 18.9. The third-order valence-electron chi connectivity index (χ3n) is 6.27. The number of methoxy groups -OCH3 is 3. The molecule has 0 unspecified atom stereocenters. The summed E-state index contributed by atoms with van der Waals surface area (Å²) in [7, 11) is 4.55. The second-order valence-electron chi connectivity index (χ2n) is 8.04. The minimum Gasteiger partial charge on any atom is -0.493 e. The Labute approximate surface area is 207 Å². The van der Waals surface area contributed by atoms with E-state index < -0.39 is 29.9 Å². The van der Waals surface area contributed by atoms with Gasteiger partial charge in [-0.15, -0.1) is 0 Å². The monoisotopic (exact) mass is 494 g/mol. The largest absolute Gasteiger partial charge is 0.493 e. The number of rotatable bonds is 6. The molecule has 0 saturated carbocycles. The maximum absolute atomic E-state index is 13.8. The number of amides is 2. The van der Waals surface area contributed by atoms with Crippen LogP contribution < -0.4 is 24.2 Å². The van der Waals surface area contributed by atoms with Crippen LogP contribution in [0, 0.1) is 5.92 Å². The van der Waals surface area contributed by atoms with Gasteiger partial charge in [0.15, 0.2) is 17.6 Å². The average Bonchev–Trinajstić information content (AvgIpc) is 3.39. The zero-order valence-corrected chi connectivity index (χ0v) is 20.1. The topological polar surface area (TPSA) is 77.5 Å². The van der Waals surface area contributed by atoms with E-state index in [9.17, 15) is 9.59 Å². The van der Waals surface area contributed by atoms with Gasteiger partial charge in [0, 0.05) is 5.56 Å².